The van der Waals surface area contributed by atoms with Crippen LogP contribution in [-0.2, 0) is 18.8 Å². The van der Waals surface area contributed by atoms with E-state index in [1.54, 1.807) is 18.0 Å². The van der Waals surface area contributed by atoms with E-state index in [9.17, 15) is 0 Å². The van der Waals surface area contributed by atoms with Gasteiger partial charge in [0.15, 0.2) is 22.6 Å². The average molecular weight is 319 g/mol. The van der Waals surface area contributed by atoms with Gasteiger partial charge in [-0.05, 0) is 35.9 Å². The van der Waals surface area contributed by atoms with E-state index in [0.29, 0.717) is 5.75 Å². The Labute approximate surface area is 131 Å². The molecule has 0 aromatic carbocycles. The molecule has 3 heterocycles. The van der Waals surface area contributed by atoms with Crippen LogP contribution in [0.1, 0.15) is 26.1 Å². The number of hydrogen-bond donors (Lipinski definition) is 0. The minimum absolute atomic E-state index is 0.656. The van der Waals surface area contributed by atoms with E-state index in [2.05, 4.69) is 39.6 Å². The summed E-state index contributed by atoms with van der Waals surface area (Å²) in [5.41, 5.74) is 0. The SMILES string of the molecule is CCCn1nnnc1CSc1nnc(-c2ccco2)n1CC. The highest BCUT2D eigenvalue weighted by atomic mass is 32.2. The number of tetrazole rings is 1. The van der Waals surface area contributed by atoms with Gasteiger partial charge in [0, 0.05) is 13.1 Å². The van der Waals surface area contributed by atoms with Gasteiger partial charge in [-0.15, -0.1) is 15.3 Å². The molecule has 0 radical (unpaired) electrons. The second-order valence-corrected chi connectivity index (χ2v) is 5.58. The highest BCUT2D eigenvalue weighted by Gasteiger charge is 2.16. The van der Waals surface area contributed by atoms with Crippen molar-refractivity contribution in [1.82, 2.24) is 35.0 Å². The molecule has 0 unspecified atom stereocenters. The van der Waals surface area contributed by atoms with Crippen LogP contribution in [0.5, 0.6) is 0 Å². The third kappa shape index (κ3) is 2.89. The van der Waals surface area contributed by atoms with Crippen LogP contribution >= 0.6 is 11.8 Å². The van der Waals surface area contributed by atoms with Crippen molar-refractivity contribution in [2.45, 2.75) is 44.3 Å². The lowest BCUT2D eigenvalue weighted by Crippen LogP contribution is -2.05. The fourth-order valence-corrected chi connectivity index (χ4v) is 3.04. The van der Waals surface area contributed by atoms with E-state index in [1.165, 1.54) is 0 Å². The summed E-state index contributed by atoms with van der Waals surface area (Å²) in [5, 5.41) is 21.1. The number of furan rings is 1. The summed E-state index contributed by atoms with van der Waals surface area (Å²) in [4.78, 5) is 0. The third-order valence-electron chi connectivity index (χ3n) is 3.15. The van der Waals surface area contributed by atoms with Crippen molar-refractivity contribution < 1.29 is 4.42 Å². The van der Waals surface area contributed by atoms with E-state index in [4.69, 9.17) is 4.42 Å². The molecule has 0 aliphatic carbocycles. The van der Waals surface area contributed by atoms with Crippen molar-refractivity contribution in [2.24, 2.45) is 0 Å². The molecule has 0 N–H and O–H groups in total. The van der Waals surface area contributed by atoms with Gasteiger partial charge in [0.2, 0.25) is 0 Å². The van der Waals surface area contributed by atoms with Crippen LogP contribution in [0, 0.1) is 0 Å². The molecule has 9 heteroatoms. The minimum Gasteiger partial charge on any atom is -0.461 e. The number of aryl methyl sites for hydroxylation is 1. The molecule has 0 fully saturated rings. The van der Waals surface area contributed by atoms with Crippen LogP contribution in [-0.4, -0.2) is 35.0 Å². The van der Waals surface area contributed by atoms with Gasteiger partial charge in [-0.3, -0.25) is 4.57 Å². The van der Waals surface area contributed by atoms with E-state index < -0.39 is 0 Å². The zero-order chi connectivity index (χ0) is 15.4. The van der Waals surface area contributed by atoms with Crippen LogP contribution in [0.15, 0.2) is 28.0 Å². The van der Waals surface area contributed by atoms with E-state index in [1.807, 2.05) is 21.4 Å². The number of nitrogens with zero attached hydrogens (tertiary/aromatic N) is 7. The summed E-state index contributed by atoms with van der Waals surface area (Å²) in [6.45, 7) is 5.75. The molecule has 0 atom stereocenters. The third-order valence-corrected chi connectivity index (χ3v) is 4.11. The number of rotatable bonds is 7. The lowest BCUT2D eigenvalue weighted by molar-refractivity contribution is 0.563. The normalized spacial score (nSPS) is 11.2. The molecular formula is C13H17N7OS. The Hall–Kier alpha value is -2.16. The predicted molar refractivity (Wildman–Crippen MR) is 81.1 cm³/mol. The molecule has 3 aromatic heterocycles. The van der Waals surface area contributed by atoms with Crippen molar-refractivity contribution in [2.75, 3.05) is 0 Å². The summed E-state index contributed by atoms with van der Waals surface area (Å²) < 4.78 is 9.26. The highest BCUT2D eigenvalue weighted by Crippen LogP contribution is 2.25. The Morgan fingerprint density at radius 3 is 2.86 bits per heavy atom. The van der Waals surface area contributed by atoms with Gasteiger partial charge >= 0.3 is 0 Å². The monoisotopic (exact) mass is 319 g/mol. The zero-order valence-corrected chi connectivity index (χ0v) is 13.3. The van der Waals surface area contributed by atoms with Crippen molar-refractivity contribution >= 4 is 11.8 Å². The second kappa shape index (κ2) is 6.73. The lowest BCUT2D eigenvalue weighted by atomic mass is 10.4. The molecule has 0 amide bonds. The van der Waals surface area contributed by atoms with Crippen LogP contribution in [0.25, 0.3) is 11.6 Å². The van der Waals surface area contributed by atoms with Gasteiger partial charge in [0.1, 0.15) is 0 Å². The van der Waals surface area contributed by atoms with Crippen LogP contribution in [0.3, 0.4) is 0 Å². The fourth-order valence-electron chi connectivity index (χ4n) is 2.11. The minimum atomic E-state index is 0.656. The Balaban J connectivity index is 1.77. The van der Waals surface area contributed by atoms with E-state index in [0.717, 1.165) is 42.1 Å². The zero-order valence-electron chi connectivity index (χ0n) is 12.5. The highest BCUT2D eigenvalue weighted by molar-refractivity contribution is 7.98. The van der Waals surface area contributed by atoms with Crippen LogP contribution in [0.2, 0.25) is 0 Å². The molecule has 0 spiro atoms. The standard InChI is InChI=1S/C13H17N7OS/c1-3-7-20-11(14-17-18-20)9-22-13-16-15-12(19(13)4-2)10-6-5-8-21-10/h5-6,8H,3-4,7,9H2,1-2H3. The maximum Gasteiger partial charge on any atom is 0.200 e. The molecule has 8 nitrogen and oxygen atoms in total. The molecule has 22 heavy (non-hydrogen) atoms. The first-order chi connectivity index (χ1) is 10.8. The largest absolute Gasteiger partial charge is 0.461 e. The Bertz CT molecular complexity index is 719. The molecule has 0 saturated carbocycles. The van der Waals surface area contributed by atoms with E-state index >= 15 is 0 Å². The number of hydrogen-bond acceptors (Lipinski definition) is 7. The topological polar surface area (TPSA) is 87.4 Å². The summed E-state index contributed by atoms with van der Waals surface area (Å²) in [6, 6.07) is 3.72. The first kappa shape index (κ1) is 14.8. The summed E-state index contributed by atoms with van der Waals surface area (Å²) in [7, 11) is 0. The average Bonchev–Trinajstić information content (AvgIpc) is 3.25. The van der Waals surface area contributed by atoms with Gasteiger partial charge in [0.25, 0.3) is 0 Å². The summed E-state index contributed by atoms with van der Waals surface area (Å²) in [6.07, 6.45) is 2.63. The first-order valence-corrected chi connectivity index (χ1v) is 8.17. The Morgan fingerprint density at radius 1 is 1.23 bits per heavy atom. The van der Waals surface area contributed by atoms with E-state index in [-0.39, 0.29) is 0 Å². The maximum atomic E-state index is 5.41. The van der Waals surface area contributed by atoms with Gasteiger partial charge in [-0.25, -0.2) is 4.68 Å². The fraction of sp³-hybridized carbons (Fsp3) is 0.462. The van der Waals surface area contributed by atoms with Crippen molar-refractivity contribution in [1.29, 1.82) is 0 Å². The lowest BCUT2D eigenvalue weighted by Gasteiger charge is -2.05. The second-order valence-electron chi connectivity index (χ2n) is 4.63. The number of thioether (sulfide) groups is 1. The smallest absolute Gasteiger partial charge is 0.200 e. The summed E-state index contributed by atoms with van der Waals surface area (Å²) >= 11 is 1.57. The molecule has 0 aliphatic rings. The Kier molecular flexibility index (Phi) is 4.52. The van der Waals surface area contributed by atoms with Crippen LogP contribution in [0.4, 0.5) is 0 Å². The predicted octanol–water partition coefficient (Wildman–Crippen LogP) is 2.25. The number of aromatic nitrogens is 7. The Morgan fingerprint density at radius 2 is 2.14 bits per heavy atom. The molecular weight excluding hydrogens is 302 g/mol. The molecule has 3 rings (SSSR count). The van der Waals surface area contributed by atoms with Gasteiger partial charge in [0.05, 0.1) is 12.0 Å². The molecule has 0 bridgehead atoms. The molecule has 0 aliphatic heterocycles. The van der Waals surface area contributed by atoms with Gasteiger partial charge in [-0.1, -0.05) is 18.7 Å². The van der Waals surface area contributed by atoms with Gasteiger partial charge in [-0.2, -0.15) is 0 Å². The van der Waals surface area contributed by atoms with Crippen molar-refractivity contribution in [3.63, 3.8) is 0 Å². The van der Waals surface area contributed by atoms with Crippen LogP contribution < -0.4 is 0 Å². The van der Waals surface area contributed by atoms with Crippen molar-refractivity contribution in [3.8, 4) is 11.6 Å². The maximum absolute atomic E-state index is 5.41. The van der Waals surface area contributed by atoms with Gasteiger partial charge < -0.3 is 4.42 Å². The molecule has 3 aromatic rings. The molecule has 0 saturated heterocycles. The first-order valence-electron chi connectivity index (χ1n) is 7.18. The van der Waals surface area contributed by atoms with Crippen molar-refractivity contribution in [3.05, 3.63) is 24.2 Å². The summed E-state index contributed by atoms with van der Waals surface area (Å²) in [5.74, 6) is 2.96. The quantitative estimate of drug-likeness (QED) is 0.617. The molecule has 116 valence electrons.